The summed E-state index contributed by atoms with van der Waals surface area (Å²) in [5, 5.41) is 16.6. The summed E-state index contributed by atoms with van der Waals surface area (Å²) >= 11 is 0. The van der Waals surface area contributed by atoms with Crippen molar-refractivity contribution in [3.05, 3.63) is 59.2 Å². The minimum atomic E-state index is -1.83. The predicted molar refractivity (Wildman–Crippen MR) is 120 cm³/mol. The summed E-state index contributed by atoms with van der Waals surface area (Å²) in [6, 6.07) is 18.1. The first-order valence-electron chi connectivity index (χ1n) is 9.72. The first-order chi connectivity index (χ1) is 14.0. The van der Waals surface area contributed by atoms with Crippen LogP contribution in [-0.2, 0) is 11.0 Å². The highest BCUT2D eigenvalue weighted by Gasteiger charge is 2.09. The van der Waals surface area contributed by atoms with Crippen molar-refractivity contribution in [2.45, 2.75) is 26.7 Å². The zero-order valence-corrected chi connectivity index (χ0v) is 17.5. The molecule has 150 valence electrons. The van der Waals surface area contributed by atoms with Crippen LogP contribution in [0.1, 0.15) is 32.4 Å². The molecule has 1 heterocycles. The minimum Gasteiger partial charge on any atom is -0.457 e. The summed E-state index contributed by atoms with van der Waals surface area (Å²) in [6.45, 7) is 6.51. The molecule has 6 heteroatoms. The van der Waals surface area contributed by atoms with Crippen molar-refractivity contribution in [2.75, 3.05) is 18.0 Å². The van der Waals surface area contributed by atoms with Gasteiger partial charge < -0.3 is 9.32 Å². The Hall–Kier alpha value is -2.88. The largest absolute Gasteiger partial charge is 0.457 e. The quantitative estimate of drug-likeness (QED) is 0.519. The zero-order valence-electron chi connectivity index (χ0n) is 16.7. The lowest BCUT2D eigenvalue weighted by Crippen LogP contribution is -2.24. The third kappa shape index (κ3) is 4.94. The molecular formula is C23H25N3O2S. The van der Waals surface area contributed by atoms with Gasteiger partial charge in [0.15, 0.2) is 0 Å². The Kier molecular flexibility index (Phi) is 6.86. The third-order valence-corrected chi connectivity index (χ3v) is 5.33. The minimum absolute atomic E-state index is 0.0272. The van der Waals surface area contributed by atoms with E-state index in [-0.39, 0.29) is 4.91 Å². The second-order valence-corrected chi connectivity index (χ2v) is 7.89. The molecule has 0 fully saturated rings. The van der Waals surface area contributed by atoms with Crippen molar-refractivity contribution >= 4 is 33.5 Å². The molecule has 1 atom stereocenters. The van der Waals surface area contributed by atoms with Gasteiger partial charge in [0.25, 0.3) is 0 Å². The van der Waals surface area contributed by atoms with E-state index in [9.17, 15) is 4.21 Å². The normalized spacial score (nSPS) is 12.7. The number of benzene rings is 2. The van der Waals surface area contributed by atoms with E-state index in [4.69, 9.17) is 14.8 Å². The van der Waals surface area contributed by atoms with Gasteiger partial charge in [-0.25, -0.2) is 9.35 Å². The van der Waals surface area contributed by atoms with E-state index in [0.717, 1.165) is 36.9 Å². The van der Waals surface area contributed by atoms with Crippen molar-refractivity contribution in [1.29, 1.82) is 5.26 Å². The number of furan rings is 1. The van der Waals surface area contributed by atoms with Crippen LogP contribution in [0, 0.1) is 11.3 Å². The smallest absolute Gasteiger partial charge is 0.135 e. The summed E-state index contributed by atoms with van der Waals surface area (Å²) in [5.41, 5.74) is 2.19. The van der Waals surface area contributed by atoms with E-state index in [2.05, 4.69) is 49.1 Å². The molecule has 2 N–H and O–H groups in total. The summed E-state index contributed by atoms with van der Waals surface area (Å²) < 4.78 is 17.1. The van der Waals surface area contributed by atoms with E-state index in [1.165, 1.54) is 17.1 Å². The van der Waals surface area contributed by atoms with Crippen molar-refractivity contribution in [1.82, 2.24) is 0 Å². The number of fused-ring (bicyclic) bond motifs is 1. The zero-order chi connectivity index (χ0) is 20.8. The van der Waals surface area contributed by atoms with Gasteiger partial charge in [-0.3, -0.25) is 0 Å². The molecule has 0 spiro atoms. The summed E-state index contributed by atoms with van der Waals surface area (Å²) in [6.07, 6.45) is 3.65. The Morgan fingerprint density at radius 1 is 1.10 bits per heavy atom. The molecule has 29 heavy (non-hydrogen) atoms. The van der Waals surface area contributed by atoms with Gasteiger partial charge in [0.1, 0.15) is 33.5 Å². The van der Waals surface area contributed by atoms with Crippen LogP contribution in [0.15, 0.2) is 57.9 Å². The number of allylic oxidation sites excluding steroid dienone is 1. The molecule has 1 aromatic heterocycles. The number of nitrogens with two attached hydrogens (primary N) is 1. The lowest BCUT2D eigenvalue weighted by atomic mass is 10.0. The van der Waals surface area contributed by atoms with Crippen molar-refractivity contribution in [3.63, 3.8) is 0 Å². The van der Waals surface area contributed by atoms with Crippen LogP contribution < -0.4 is 10.0 Å². The molecule has 0 bridgehead atoms. The van der Waals surface area contributed by atoms with Crippen LogP contribution in [0.3, 0.4) is 0 Å². The van der Waals surface area contributed by atoms with E-state index >= 15 is 0 Å². The van der Waals surface area contributed by atoms with Crippen LogP contribution in [0.4, 0.5) is 5.69 Å². The van der Waals surface area contributed by atoms with E-state index in [1.54, 1.807) is 6.07 Å². The predicted octanol–water partition coefficient (Wildman–Crippen LogP) is 5.21. The molecule has 5 nitrogen and oxygen atoms in total. The molecule has 2 aromatic carbocycles. The van der Waals surface area contributed by atoms with E-state index in [1.807, 2.05) is 18.2 Å². The van der Waals surface area contributed by atoms with Gasteiger partial charge in [0, 0.05) is 30.4 Å². The Balaban J connectivity index is 1.90. The van der Waals surface area contributed by atoms with Crippen molar-refractivity contribution in [2.24, 2.45) is 5.14 Å². The number of hydrogen-bond acceptors (Lipinski definition) is 4. The number of nitriles is 1. The van der Waals surface area contributed by atoms with Crippen LogP contribution in [0.2, 0.25) is 0 Å². The number of rotatable bonds is 8. The standard InChI is InChI=1S/C23H25N3O2S/c1-3-11-26(12-4-2)20-8-7-17-13-19(6-5-18(17)14-20)23-10-9-21(28-23)15-22(16-24)29(25)27/h5-10,13-15H,3-4,11-12,25H2,1-2H3/b22-15+. The lowest BCUT2D eigenvalue weighted by molar-refractivity contribution is 0.571. The monoisotopic (exact) mass is 407 g/mol. The van der Waals surface area contributed by atoms with Gasteiger partial charge in [0.2, 0.25) is 0 Å². The summed E-state index contributed by atoms with van der Waals surface area (Å²) in [4.78, 5) is 2.40. The molecule has 0 aliphatic rings. The Morgan fingerprint density at radius 3 is 2.45 bits per heavy atom. The van der Waals surface area contributed by atoms with Crippen LogP contribution in [0.5, 0.6) is 0 Å². The summed E-state index contributed by atoms with van der Waals surface area (Å²) in [5.74, 6) is 1.13. The molecule has 0 aliphatic heterocycles. The highest BCUT2D eigenvalue weighted by molar-refractivity contribution is 7.87. The van der Waals surface area contributed by atoms with Gasteiger partial charge in [-0.1, -0.05) is 32.0 Å². The van der Waals surface area contributed by atoms with Crippen LogP contribution in [-0.4, -0.2) is 17.3 Å². The molecule has 1 unspecified atom stereocenters. The molecule has 0 saturated carbocycles. The maximum absolute atomic E-state index is 11.3. The fraction of sp³-hybridized carbons (Fsp3) is 0.261. The first kappa shape index (κ1) is 20.8. The van der Waals surface area contributed by atoms with E-state index in [0.29, 0.717) is 11.5 Å². The lowest BCUT2D eigenvalue weighted by Gasteiger charge is -2.24. The topological polar surface area (TPSA) is 83.3 Å². The maximum Gasteiger partial charge on any atom is 0.135 e. The fourth-order valence-electron chi connectivity index (χ4n) is 3.34. The van der Waals surface area contributed by atoms with Gasteiger partial charge in [0.05, 0.1) is 0 Å². The first-order valence-corrected chi connectivity index (χ1v) is 10.9. The van der Waals surface area contributed by atoms with Crippen LogP contribution >= 0.6 is 0 Å². The molecule has 0 radical (unpaired) electrons. The molecule has 3 rings (SSSR count). The number of hydrogen-bond donors (Lipinski definition) is 1. The second kappa shape index (κ2) is 9.55. The average Bonchev–Trinajstić information content (AvgIpc) is 3.19. The van der Waals surface area contributed by atoms with Crippen molar-refractivity contribution in [3.8, 4) is 17.4 Å². The molecule has 0 saturated heterocycles. The number of nitrogens with zero attached hydrogens (tertiary/aromatic N) is 2. The number of anilines is 1. The van der Waals surface area contributed by atoms with Crippen molar-refractivity contribution < 1.29 is 8.63 Å². The Bertz CT molecular complexity index is 1090. The fourth-order valence-corrected chi connectivity index (χ4v) is 3.67. The summed E-state index contributed by atoms with van der Waals surface area (Å²) in [7, 11) is -1.83. The molecule has 0 aliphatic carbocycles. The van der Waals surface area contributed by atoms with Gasteiger partial charge in [-0.2, -0.15) is 5.26 Å². The average molecular weight is 408 g/mol. The van der Waals surface area contributed by atoms with Gasteiger partial charge in [-0.05, 0) is 53.9 Å². The highest BCUT2D eigenvalue weighted by atomic mass is 32.2. The molecular weight excluding hydrogens is 382 g/mol. The Morgan fingerprint density at radius 2 is 1.79 bits per heavy atom. The molecule has 0 amide bonds. The van der Waals surface area contributed by atoms with Crippen LogP contribution in [0.25, 0.3) is 28.2 Å². The second-order valence-electron chi connectivity index (χ2n) is 6.85. The highest BCUT2D eigenvalue weighted by Crippen LogP contribution is 2.29. The maximum atomic E-state index is 11.3. The van der Waals surface area contributed by atoms with Gasteiger partial charge >= 0.3 is 0 Å². The third-order valence-electron chi connectivity index (χ3n) is 4.69. The Labute approximate surface area is 174 Å². The SMILES string of the molecule is CCCN(CCC)c1ccc2cc(-c3ccc(/C=C(\C#N)S(N)=O)o3)ccc2c1. The van der Waals surface area contributed by atoms with Gasteiger partial charge in [-0.15, -0.1) is 0 Å². The molecule has 3 aromatic rings. The van der Waals surface area contributed by atoms with E-state index < -0.39 is 11.0 Å².